The van der Waals surface area contributed by atoms with Crippen LogP contribution < -0.4 is 4.90 Å². The minimum atomic E-state index is -0.930. The fraction of sp³-hybridized carbons (Fsp3) is 0.571. The van der Waals surface area contributed by atoms with E-state index in [1.54, 1.807) is 12.3 Å². The van der Waals surface area contributed by atoms with E-state index in [4.69, 9.17) is 9.84 Å². The fourth-order valence-electron chi connectivity index (χ4n) is 2.62. The van der Waals surface area contributed by atoms with Crippen molar-refractivity contribution in [3.05, 3.63) is 24.0 Å². The lowest BCUT2D eigenvalue weighted by Crippen LogP contribution is -2.50. The third-order valence-electron chi connectivity index (χ3n) is 3.96. The summed E-state index contributed by atoms with van der Waals surface area (Å²) < 4.78 is 5.46. The molecule has 0 aromatic carbocycles. The largest absolute Gasteiger partial charge is 0.478 e. The smallest absolute Gasteiger partial charge is 0.337 e. The predicted octanol–water partition coefficient (Wildman–Crippen LogP) is 0.691. The lowest BCUT2D eigenvalue weighted by atomic mass is 10.1. The fourth-order valence-corrected chi connectivity index (χ4v) is 2.62. The molecular weight excluding hydrogens is 258 g/mol. The number of piperazine rings is 1. The Kier molecular flexibility index (Phi) is 3.84. The topological polar surface area (TPSA) is 65.9 Å². The molecule has 0 aliphatic carbocycles. The number of aromatic carboxylic acids is 1. The normalized spacial score (nSPS) is 23.4. The van der Waals surface area contributed by atoms with Gasteiger partial charge in [-0.3, -0.25) is 9.88 Å². The maximum Gasteiger partial charge on any atom is 0.337 e. The molecule has 2 saturated heterocycles. The summed E-state index contributed by atoms with van der Waals surface area (Å²) in [4.78, 5) is 19.6. The second kappa shape index (κ2) is 5.76. The monoisotopic (exact) mass is 277 g/mol. The molecule has 2 fully saturated rings. The molecule has 0 amide bonds. The third kappa shape index (κ3) is 2.91. The van der Waals surface area contributed by atoms with Crippen LogP contribution in [-0.4, -0.2) is 66.4 Å². The zero-order valence-corrected chi connectivity index (χ0v) is 11.4. The number of carbonyl (C=O) groups is 1. The quantitative estimate of drug-likeness (QED) is 0.873. The molecule has 0 spiro atoms. The van der Waals surface area contributed by atoms with Gasteiger partial charge in [0.2, 0.25) is 0 Å². The van der Waals surface area contributed by atoms with Crippen molar-refractivity contribution in [3.8, 4) is 0 Å². The molecule has 1 atom stereocenters. The number of ether oxygens (including phenoxy) is 1. The molecule has 2 aliphatic rings. The summed E-state index contributed by atoms with van der Waals surface area (Å²) in [6.45, 7) is 5.68. The van der Waals surface area contributed by atoms with Gasteiger partial charge in [0.15, 0.2) is 0 Å². The Morgan fingerprint density at radius 3 is 2.70 bits per heavy atom. The first-order chi connectivity index (χ1) is 9.72. The van der Waals surface area contributed by atoms with Crippen LogP contribution in [0.3, 0.4) is 0 Å². The van der Waals surface area contributed by atoms with Gasteiger partial charge in [0.25, 0.3) is 0 Å². The van der Waals surface area contributed by atoms with E-state index in [-0.39, 0.29) is 5.56 Å². The molecule has 6 nitrogen and oxygen atoms in total. The highest BCUT2D eigenvalue weighted by Crippen LogP contribution is 2.18. The van der Waals surface area contributed by atoms with E-state index in [9.17, 15) is 4.79 Å². The van der Waals surface area contributed by atoms with Crippen molar-refractivity contribution < 1.29 is 14.6 Å². The highest BCUT2D eigenvalue weighted by atomic mass is 16.5. The highest BCUT2D eigenvalue weighted by Gasteiger charge is 2.24. The van der Waals surface area contributed by atoms with E-state index in [0.29, 0.717) is 6.10 Å². The van der Waals surface area contributed by atoms with E-state index < -0.39 is 5.97 Å². The molecule has 1 N–H and O–H groups in total. The average Bonchev–Trinajstić information content (AvgIpc) is 2.44. The van der Waals surface area contributed by atoms with E-state index >= 15 is 0 Å². The van der Waals surface area contributed by atoms with Crippen molar-refractivity contribution in [2.45, 2.75) is 12.5 Å². The molecular formula is C14H19N3O3. The Morgan fingerprint density at radius 1 is 1.35 bits per heavy atom. The molecule has 0 bridgehead atoms. The van der Waals surface area contributed by atoms with Crippen LogP contribution in [0.2, 0.25) is 0 Å². The standard InChI is InChI=1S/C14H19N3O3/c18-14(19)11-7-12(9-15-8-11)17-4-2-16(3-5-17)10-13-1-6-20-13/h7-9,13H,1-6,10H2,(H,18,19)/t13-/m0/s1. The summed E-state index contributed by atoms with van der Waals surface area (Å²) in [7, 11) is 0. The molecule has 3 rings (SSSR count). The Hall–Kier alpha value is -1.66. The van der Waals surface area contributed by atoms with Gasteiger partial charge in [-0.05, 0) is 12.5 Å². The van der Waals surface area contributed by atoms with E-state index in [0.717, 1.165) is 45.0 Å². The van der Waals surface area contributed by atoms with Crippen molar-refractivity contribution >= 4 is 11.7 Å². The van der Waals surface area contributed by atoms with Crippen LogP contribution in [0, 0.1) is 0 Å². The summed E-state index contributed by atoms with van der Waals surface area (Å²) in [6.07, 6.45) is 4.70. The minimum Gasteiger partial charge on any atom is -0.478 e. The molecule has 0 radical (unpaired) electrons. The lowest BCUT2D eigenvalue weighted by molar-refractivity contribution is -0.0671. The molecule has 0 unspecified atom stereocenters. The van der Waals surface area contributed by atoms with Gasteiger partial charge < -0.3 is 14.7 Å². The van der Waals surface area contributed by atoms with Crippen LogP contribution in [0.4, 0.5) is 5.69 Å². The number of carboxylic acid groups (broad SMARTS) is 1. The SMILES string of the molecule is O=C(O)c1cncc(N2CCN(C[C@@H]3CCO3)CC2)c1. The highest BCUT2D eigenvalue weighted by molar-refractivity contribution is 5.88. The molecule has 2 aliphatic heterocycles. The van der Waals surface area contributed by atoms with Gasteiger partial charge in [-0.2, -0.15) is 0 Å². The molecule has 6 heteroatoms. The van der Waals surface area contributed by atoms with Crippen molar-refractivity contribution in [1.29, 1.82) is 0 Å². The summed E-state index contributed by atoms with van der Waals surface area (Å²) in [5.41, 5.74) is 1.14. The molecule has 3 heterocycles. The number of pyridine rings is 1. The summed E-state index contributed by atoms with van der Waals surface area (Å²) >= 11 is 0. The second-order valence-corrected chi connectivity index (χ2v) is 5.31. The van der Waals surface area contributed by atoms with Crippen LogP contribution in [0.25, 0.3) is 0 Å². The maximum atomic E-state index is 11.0. The van der Waals surface area contributed by atoms with Crippen molar-refractivity contribution in [2.24, 2.45) is 0 Å². The Balaban J connectivity index is 1.57. The van der Waals surface area contributed by atoms with E-state index in [2.05, 4.69) is 14.8 Å². The van der Waals surface area contributed by atoms with Crippen LogP contribution in [-0.2, 0) is 4.74 Å². The minimum absolute atomic E-state index is 0.243. The van der Waals surface area contributed by atoms with Gasteiger partial charge in [-0.15, -0.1) is 0 Å². The number of rotatable bonds is 4. The zero-order chi connectivity index (χ0) is 13.9. The molecule has 0 saturated carbocycles. The summed E-state index contributed by atoms with van der Waals surface area (Å²) in [6, 6.07) is 1.69. The van der Waals surface area contributed by atoms with Crippen LogP contribution in [0.1, 0.15) is 16.8 Å². The van der Waals surface area contributed by atoms with Crippen LogP contribution in [0.5, 0.6) is 0 Å². The summed E-state index contributed by atoms with van der Waals surface area (Å²) in [5.74, 6) is -0.930. The Labute approximate surface area is 118 Å². The van der Waals surface area contributed by atoms with E-state index in [1.165, 1.54) is 12.6 Å². The first kappa shape index (κ1) is 13.3. The van der Waals surface area contributed by atoms with Gasteiger partial charge in [-0.25, -0.2) is 4.79 Å². The van der Waals surface area contributed by atoms with Crippen molar-refractivity contribution in [3.63, 3.8) is 0 Å². The Bertz CT molecular complexity index is 482. The molecule has 20 heavy (non-hydrogen) atoms. The van der Waals surface area contributed by atoms with Gasteiger partial charge in [0.05, 0.1) is 23.6 Å². The first-order valence-corrected chi connectivity index (χ1v) is 6.99. The maximum absolute atomic E-state index is 11.0. The Morgan fingerprint density at radius 2 is 2.10 bits per heavy atom. The number of hydrogen-bond donors (Lipinski definition) is 1. The van der Waals surface area contributed by atoms with Gasteiger partial charge >= 0.3 is 5.97 Å². The molecule has 1 aromatic rings. The van der Waals surface area contributed by atoms with Crippen LogP contribution >= 0.6 is 0 Å². The molecule has 108 valence electrons. The zero-order valence-electron chi connectivity index (χ0n) is 11.4. The van der Waals surface area contributed by atoms with Crippen molar-refractivity contribution in [1.82, 2.24) is 9.88 Å². The first-order valence-electron chi connectivity index (χ1n) is 6.99. The molecule has 1 aromatic heterocycles. The second-order valence-electron chi connectivity index (χ2n) is 5.31. The number of hydrogen-bond acceptors (Lipinski definition) is 5. The number of anilines is 1. The lowest BCUT2D eigenvalue weighted by Gasteiger charge is -2.39. The number of aromatic nitrogens is 1. The predicted molar refractivity (Wildman–Crippen MR) is 74.2 cm³/mol. The van der Waals surface area contributed by atoms with Gasteiger partial charge in [-0.1, -0.05) is 0 Å². The third-order valence-corrected chi connectivity index (χ3v) is 3.96. The van der Waals surface area contributed by atoms with Gasteiger partial charge in [0.1, 0.15) is 0 Å². The van der Waals surface area contributed by atoms with Crippen LogP contribution in [0.15, 0.2) is 18.5 Å². The van der Waals surface area contributed by atoms with E-state index in [1.807, 2.05) is 0 Å². The van der Waals surface area contributed by atoms with Gasteiger partial charge in [0, 0.05) is 45.5 Å². The number of nitrogens with zero attached hydrogens (tertiary/aromatic N) is 3. The average molecular weight is 277 g/mol. The summed E-state index contributed by atoms with van der Waals surface area (Å²) in [5, 5.41) is 9.00. The number of carboxylic acids is 1. The van der Waals surface area contributed by atoms with Crippen molar-refractivity contribution in [2.75, 3.05) is 44.2 Å².